The summed E-state index contributed by atoms with van der Waals surface area (Å²) in [5.41, 5.74) is 9.05. The normalized spacial score (nSPS) is 17.9. The molecule has 0 unspecified atom stereocenters. The Morgan fingerprint density at radius 1 is 1.18 bits per heavy atom. The van der Waals surface area contributed by atoms with Crippen molar-refractivity contribution in [3.05, 3.63) is 23.1 Å². The van der Waals surface area contributed by atoms with E-state index in [9.17, 15) is 0 Å². The number of nitrogens with two attached hydrogens (primary N) is 1. The van der Waals surface area contributed by atoms with Crippen LogP contribution in [0.15, 0.2) is 22.6 Å². The minimum atomic E-state index is -0.592. The SMILES string of the molecule is COc1cc(OC)c(C=NNc2nc(N)cs2)c(B2OC(C)(C)C(C)(C)O2)c1. The summed E-state index contributed by atoms with van der Waals surface area (Å²) in [5.74, 6) is 1.68. The molecule has 1 aromatic heterocycles. The molecule has 28 heavy (non-hydrogen) atoms. The second-order valence-electron chi connectivity index (χ2n) is 7.37. The molecule has 1 saturated heterocycles. The summed E-state index contributed by atoms with van der Waals surface area (Å²) in [6, 6.07) is 3.66. The molecule has 2 heterocycles. The molecular weight excluding hydrogens is 379 g/mol. The van der Waals surface area contributed by atoms with Crippen molar-refractivity contribution >= 4 is 41.1 Å². The van der Waals surface area contributed by atoms with Crippen molar-refractivity contribution in [1.29, 1.82) is 0 Å². The van der Waals surface area contributed by atoms with E-state index in [1.54, 1.807) is 31.9 Å². The maximum atomic E-state index is 6.22. The molecule has 3 N–H and O–H groups in total. The minimum absolute atomic E-state index is 0.447. The number of anilines is 2. The molecule has 8 nitrogen and oxygen atoms in total. The fourth-order valence-electron chi connectivity index (χ4n) is 2.70. The van der Waals surface area contributed by atoms with Crippen molar-refractivity contribution in [3.8, 4) is 11.5 Å². The molecule has 10 heteroatoms. The van der Waals surface area contributed by atoms with Gasteiger partial charge in [0, 0.05) is 17.0 Å². The van der Waals surface area contributed by atoms with E-state index >= 15 is 0 Å². The molecule has 0 amide bonds. The second kappa shape index (κ2) is 7.61. The molecule has 1 aromatic carbocycles. The van der Waals surface area contributed by atoms with Gasteiger partial charge in [-0.05, 0) is 39.2 Å². The number of benzene rings is 1. The van der Waals surface area contributed by atoms with Crippen molar-refractivity contribution in [3.63, 3.8) is 0 Å². The molecule has 1 aliphatic heterocycles. The quantitative estimate of drug-likeness (QED) is 0.433. The molecule has 0 aliphatic carbocycles. The van der Waals surface area contributed by atoms with Crippen molar-refractivity contribution < 1.29 is 18.8 Å². The summed E-state index contributed by atoms with van der Waals surface area (Å²) in [6.07, 6.45) is 1.65. The van der Waals surface area contributed by atoms with Gasteiger partial charge in [-0.1, -0.05) is 0 Å². The first-order valence-electron chi connectivity index (χ1n) is 8.78. The zero-order chi connectivity index (χ0) is 20.5. The molecule has 3 rings (SSSR count). The van der Waals surface area contributed by atoms with Crippen LogP contribution in [0.1, 0.15) is 33.3 Å². The van der Waals surface area contributed by atoms with Gasteiger partial charge in [-0.25, -0.2) is 4.98 Å². The van der Waals surface area contributed by atoms with Crippen molar-refractivity contribution in [2.24, 2.45) is 5.10 Å². The first kappa shape index (κ1) is 20.4. The third kappa shape index (κ3) is 3.94. The van der Waals surface area contributed by atoms with Gasteiger partial charge in [0.05, 0.1) is 31.6 Å². The smallest absolute Gasteiger partial charge is 0.495 e. The number of ether oxygens (including phenoxy) is 2. The van der Waals surface area contributed by atoms with E-state index < -0.39 is 18.3 Å². The number of hydrazone groups is 1. The number of nitrogens with one attached hydrogen (secondary N) is 1. The Morgan fingerprint density at radius 2 is 1.86 bits per heavy atom. The largest absolute Gasteiger partial charge is 0.497 e. The third-order valence-electron chi connectivity index (χ3n) is 4.99. The van der Waals surface area contributed by atoms with Gasteiger partial charge in [0.2, 0.25) is 5.13 Å². The maximum Gasteiger partial charge on any atom is 0.495 e. The first-order chi connectivity index (χ1) is 13.2. The minimum Gasteiger partial charge on any atom is -0.497 e. The molecule has 1 fully saturated rings. The fraction of sp³-hybridized carbons (Fsp3) is 0.444. The Kier molecular flexibility index (Phi) is 5.56. The number of hydrogen-bond donors (Lipinski definition) is 2. The highest BCUT2D eigenvalue weighted by Crippen LogP contribution is 2.37. The molecule has 0 spiro atoms. The van der Waals surface area contributed by atoms with E-state index in [4.69, 9.17) is 24.5 Å². The average Bonchev–Trinajstić information content (AvgIpc) is 3.14. The predicted molar refractivity (Wildman–Crippen MR) is 113 cm³/mol. The van der Waals surface area contributed by atoms with Gasteiger partial charge in [-0.15, -0.1) is 11.3 Å². The Hall–Kier alpha value is -2.30. The van der Waals surface area contributed by atoms with Crippen LogP contribution < -0.4 is 26.1 Å². The zero-order valence-electron chi connectivity index (χ0n) is 16.9. The number of hydrogen-bond acceptors (Lipinski definition) is 9. The van der Waals surface area contributed by atoms with E-state index in [-0.39, 0.29) is 0 Å². The first-order valence-corrected chi connectivity index (χ1v) is 9.66. The lowest BCUT2D eigenvalue weighted by molar-refractivity contribution is 0.00578. The van der Waals surface area contributed by atoms with Crippen LogP contribution in [0.2, 0.25) is 0 Å². The number of methoxy groups -OCH3 is 2. The summed E-state index contributed by atoms with van der Waals surface area (Å²) in [5, 5.41) is 6.61. The monoisotopic (exact) mass is 404 g/mol. The number of thiazole rings is 1. The number of nitrogens with zero attached hydrogens (tertiary/aromatic N) is 2. The van der Waals surface area contributed by atoms with Crippen LogP contribution in [0.5, 0.6) is 11.5 Å². The van der Waals surface area contributed by atoms with Crippen LogP contribution >= 0.6 is 11.3 Å². The number of nitrogen functional groups attached to an aromatic ring is 1. The van der Waals surface area contributed by atoms with E-state index in [0.717, 1.165) is 11.0 Å². The molecule has 2 aromatic rings. The zero-order valence-corrected chi connectivity index (χ0v) is 17.7. The molecule has 0 atom stereocenters. The summed E-state index contributed by atoms with van der Waals surface area (Å²) in [4.78, 5) is 4.12. The fourth-order valence-corrected chi connectivity index (χ4v) is 3.25. The van der Waals surface area contributed by atoms with Gasteiger partial charge in [0.25, 0.3) is 0 Å². The standard InChI is InChI=1S/C18H25BN4O4S/c1-17(2)18(3,4)27-19(26-17)13-7-11(24-5)8-14(25-6)12(13)9-21-23-16-22-15(20)10-28-16/h7-10H,20H2,1-6H3,(H,22,23). The average molecular weight is 404 g/mol. The van der Waals surface area contributed by atoms with Crippen LogP contribution in [0, 0.1) is 0 Å². The van der Waals surface area contributed by atoms with Gasteiger partial charge in [-0.3, -0.25) is 5.43 Å². The maximum absolute atomic E-state index is 6.22. The lowest BCUT2D eigenvalue weighted by Gasteiger charge is -2.32. The Bertz CT molecular complexity index is 868. The lowest BCUT2D eigenvalue weighted by Crippen LogP contribution is -2.41. The van der Waals surface area contributed by atoms with E-state index in [1.165, 1.54) is 11.3 Å². The van der Waals surface area contributed by atoms with Crippen LogP contribution in [0.3, 0.4) is 0 Å². The van der Waals surface area contributed by atoms with Crippen LogP contribution in [-0.4, -0.2) is 43.7 Å². The second-order valence-corrected chi connectivity index (χ2v) is 8.23. The highest BCUT2D eigenvalue weighted by Gasteiger charge is 2.52. The van der Waals surface area contributed by atoms with Crippen molar-refractivity contribution in [1.82, 2.24) is 4.98 Å². The highest BCUT2D eigenvalue weighted by atomic mass is 32.1. The Labute approximate surface area is 169 Å². The highest BCUT2D eigenvalue weighted by molar-refractivity contribution is 7.14. The van der Waals surface area contributed by atoms with Crippen molar-refractivity contribution in [2.45, 2.75) is 38.9 Å². The summed E-state index contributed by atoms with van der Waals surface area (Å²) in [6.45, 7) is 8.03. The summed E-state index contributed by atoms with van der Waals surface area (Å²) >= 11 is 1.37. The van der Waals surface area contributed by atoms with Gasteiger partial charge < -0.3 is 24.5 Å². The predicted octanol–water partition coefficient (Wildman–Crippen LogP) is 2.49. The summed E-state index contributed by atoms with van der Waals surface area (Å²) in [7, 11) is 2.60. The molecule has 0 radical (unpaired) electrons. The van der Waals surface area contributed by atoms with Crippen LogP contribution in [0.4, 0.5) is 10.9 Å². The third-order valence-corrected chi connectivity index (χ3v) is 5.75. The number of aromatic nitrogens is 1. The molecular formula is C18H25BN4O4S. The van der Waals surface area contributed by atoms with Crippen molar-refractivity contribution in [2.75, 3.05) is 25.4 Å². The summed E-state index contributed by atoms with van der Waals surface area (Å²) < 4.78 is 23.4. The topological polar surface area (TPSA) is 100 Å². The molecule has 0 saturated carbocycles. The lowest BCUT2D eigenvalue weighted by atomic mass is 9.75. The van der Waals surface area contributed by atoms with Gasteiger partial charge >= 0.3 is 7.12 Å². The Morgan fingerprint density at radius 3 is 2.39 bits per heavy atom. The van der Waals surface area contributed by atoms with E-state index in [0.29, 0.717) is 22.4 Å². The molecule has 0 bridgehead atoms. The Balaban J connectivity index is 1.98. The number of rotatable bonds is 6. The van der Waals surface area contributed by atoms with Gasteiger partial charge in [0.1, 0.15) is 17.3 Å². The molecule has 150 valence electrons. The van der Waals surface area contributed by atoms with Gasteiger partial charge in [-0.2, -0.15) is 5.10 Å². The molecule has 1 aliphatic rings. The van der Waals surface area contributed by atoms with Gasteiger partial charge in [0.15, 0.2) is 0 Å². The van der Waals surface area contributed by atoms with E-state index in [2.05, 4.69) is 15.5 Å². The van der Waals surface area contributed by atoms with Crippen LogP contribution in [-0.2, 0) is 9.31 Å². The van der Waals surface area contributed by atoms with E-state index in [1.807, 2.05) is 33.8 Å². The van der Waals surface area contributed by atoms with Crippen LogP contribution in [0.25, 0.3) is 0 Å².